The van der Waals surface area contributed by atoms with Crippen molar-refractivity contribution in [1.82, 2.24) is 4.98 Å². The molecule has 0 aliphatic carbocycles. The van der Waals surface area contributed by atoms with Crippen LogP contribution in [0.2, 0.25) is 0 Å². The number of thiazole rings is 1. The number of hydrogen-bond donors (Lipinski definition) is 0. The number of nitrogens with zero attached hydrogens (tertiary/aromatic N) is 1. The van der Waals surface area contributed by atoms with E-state index < -0.39 is 0 Å². The van der Waals surface area contributed by atoms with Gasteiger partial charge in [-0.25, -0.2) is 4.98 Å². The van der Waals surface area contributed by atoms with Crippen LogP contribution in [0.25, 0.3) is 21.3 Å². The standard InChI is InChI=1S/C13H8NS/c1-2-4-10(5-3-1)11-6-7-12-13(8-11)15-9-14-12/h1-2,4-9H. The number of rotatable bonds is 1. The zero-order chi connectivity index (χ0) is 10.1. The second-order valence-corrected chi connectivity index (χ2v) is 4.21. The summed E-state index contributed by atoms with van der Waals surface area (Å²) in [5, 5.41) is 0. The predicted octanol–water partition coefficient (Wildman–Crippen LogP) is 3.76. The summed E-state index contributed by atoms with van der Waals surface area (Å²) in [6, 6.07) is 17.4. The van der Waals surface area contributed by atoms with E-state index >= 15 is 0 Å². The van der Waals surface area contributed by atoms with E-state index in [1.54, 1.807) is 11.3 Å². The Morgan fingerprint density at radius 3 is 3.00 bits per heavy atom. The van der Waals surface area contributed by atoms with Gasteiger partial charge in [-0.2, -0.15) is 0 Å². The molecule has 2 aromatic carbocycles. The highest BCUT2D eigenvalue weighted by Gasteiger charge is 2.00. The maximum Gasteiger partial charge on any atom is 0.0812 e. The molecule has 71 valence electrons. The van der Waals surface area contributed by atoms with Crippen LogP contribution < -0.4 is 0 Å². The average Bonchev–Trinajstić information content (AvgIpc) is 2.77. The maximum absolute atomic E-state index is 4.26. The van der Waals surface area contributed by atoms with Crippen LogP contribution in [0.5, 0.6) is 0 Å². The number of aromatic nitrogens is 1. The van der Waals surface area contributed by atoms with Crippen LogP contribution in [0.1, 0.15) is 0 Å². The Hall–Kier alpha value is -1.67. The molecular formula is C13H8NS. The van der Waals surface area contributed by atoms with Crippen LogP contribution in [-0.4, -0.2) is 4.98 Å². The van der Waals surface area contributed by atoms with Crippen LogP contribution >= 0.6 is 11.3 Å². The lowest BCUT2D eigenvalue weighted by Gasteiger charge is -2.00. The molecule has 3 rings (SSSR count). The zero-order valence-corrected chi connectivity index (χ0v) is 8.79. The molecule has 0 fully saturated rings. The summed E-state index contributed by atoms with van der Waals surface area (Å²) in [6.45, 7) is 0. The summed E-state index contributed by atoms with van der Waals surface area (Å²) in [6.07, 6.45) is 0. The Balaban J connectivity index is 2.19. The molecule has 0 bridgehead atoms. The fourth-order valence-electron chi connectivity index (χ4n) is 1.61. The highest BCUT2D eigenvalue weighted by molar-refractivity contribution is 7.16. The van der Waals surface area contributed by atoms with Gasteiger partial charge in [0, 0.05) is 0 Å². The fourth-order valence-corrected chi connectivity index (χ4v) is 2.32. The van der Waals surface area contributed by atoms with Crippen molar-refractivity contribution in [2.75, 3.05) is 0 Å². The minimum absolute atomic E-state index is 1.07. The van der Waals surface area contributed by atoms with Crippen molar-refractivity contribution in [3.8, 4) is 11.1 Å². The lowest BCUT2D eigenvalue weighted by atomic mass is 10.1. The van der Waals surface area contributed by atoms with Gasteiger partial charge in [-0.05, 0) is 35.4 Å². The number of benzene rings is 2. The molecule has 0 N–H and O–H groups in total. The quantitative estimate of drug-likeness (QED) is 0.596. The molecule has 1 aromatic heterocycles. The molecule has 1 nitrogen and oxygen atoms in total. The third-order valence-corrected chi connectivity index (χ3v) is 3.16. The molecule has 0 aliphatic rings. The second-order valence-electron chi connectivity index (χ2n) is 3.33. The number of hydrogen-bond acceptors (Lipinski definition) is 2. The largest absolute Gasteiger partial charge is 0.245 e. The molecule has 0 atom stereocenters. The third-order valence-electron chi connectivity index (χ3n) is 2.37. The first-order chi connectivity index (χ1) is 7.43. The van der Waals surface area contributed by atoms with Crippen molar-refractivity contribution >= 4 is 21.6 Å². The first-order valence-corrected chi connectivity index (χ1v) is 5.61. The Morgan fingerprint density at radius 1 is 1.13 bits per heavy atom. The van der Waals surface area contributed by atoms with E-state index in [2.05, 4.69) is 35.3 Å². The average molecular weight is 210 g/mol. The van der Waals surface area contributed by atoms with E-state index in [1.165, 1.54) is 15.8 Å². The Morgan fingerprint density at radius 2 is 2.13 bits per heavy atom. The monoisotopic (exact) mass is 210 g/mol. The SMILES string of the molecule is [c]1cccc(-c2ccc3ncsc3c2)c1. The van der Waals surface area contributed by atoms with E-state index in [9.17, 15) is 0 Å². The highest BCUT2D eigenvalue weighted by atomic mass is 32.1. The highest BCUT2D eigenvalue weighted by Crippen LogP contribution is 2.25. The molecular weight excluding hydrogens is 202 g/mol. The van der Waals surface area contributed by atoms with Gasteiger partial charge in [0.25, 0.3) is 0 Å². The van der Waals surface area contributed by atoms with Gasteiger partial charge in [0.1, 0.15) is 0 Å². The molecule has 0 saturated heterocycles. The zero-order valence-electron chi connectivity index (χ0n) is 7.97. The van der Waals surface area contributed by atoms with Crippen molar-refractivity contribution in [2.24, 2.45) is 0 Å². The van der Waals surface area contributed by atoms with Crippen molar-refractivity contribution in [3.05, 3.63) is 54.0 Å². The van der Waals surface area contributed by atoms with E-state index in [-0.39, 0.29) is 0 Å². The first-order valence-electron chi connectivity index (χ1n) is 4.73. The van der Waals surface area contributed by atoms with Gasteiger partial charge in [-0.1, -0.05) is 24.3 Å². The molecule has 1 heterocycles. The molecule has 0 saturated carbocycles. The molecule has 0 amide bonds. The predicted molar refractivity (Wildman–Crippen MR) is 63.9 cm³/mol. The lowest BCUT2D eigenvalue weighted by Crippen LogP contribution is -1.76. The first kappa shape index (κ1) is 8.62. The van der Waals surface area contributed by atoms with Gasteiger partial charge in [0.05, 0.1) is 15.7 Å². The second kappa shape index (κ2) is 3.48. The van der Waals surface area contributed by atoms with Crippen molar-refractivity contribution in [1.29, 1.82) is 0 Å². The third kappa shape index (κ3) is 1.53. The topological polar surface area (TPSA) is 12.9 Å². The van der Waals surface area contributed by atoms with Gasteiger partial charge in [0.15, 0.2) is 0 Å². The molecule has 3 aromatic rings. The molecule has 0 aliphatic heterocycles. The minimum Gasteiger partial charge on any atom is -0.245 e. The van der Waals surface area contributed by atoms with Gasteiger partial charge in [-0.3, -0.25) is 0 Å². The van der Waals surface area contributed by atoms with E-state index in [1.807, 2.05) is 23.7 Å². The molecule has 2 heteroatoms. The van der Waals surface area contributed by atoms with Crippen LogP contribution in [0.15, 0.2) is 48.0 Å². The molecule has 0 unspecified atom stereocenters. The van der Waals surface area contributed by atoms with Crippen LogP contribution in [-0.2, 0) is 0 Å². The Kier molecular flexibility index (Phi) is 2.00. The summed E-state index contributed by atoms with van der Waals surface area (Å²) < 4.78 is 1.23. The van der Waals surface area contributed by atoms with Crippen molar-refractivity contribution in [2.45, 2.75) is 0 Å². The number of fused-ring (bicyclic) bond motifs is 1. The van der Waals surface area contributed by atoms with E-state index in [4.69, 9.17) is 0 Å². The van der Waals surface area contributed by atoms with Gasteiger partial charge in [-0.15, -0.1) is 11.3 Å². The van der Waals surface area contributed by atoms with E-state index in [0.29, 0.717) is 0 Å². The summed E-state index contributed by atoms with van der Waals surface area (Å²) in [5.74, 6) is 0. The summed E-state index contributed by atoms with van der Waals surface area (Å²) in [4.78, 5) is 4.26. The van der Waals surface area contributed by atoms with Gasteiger partial charge >= 0.3 is 0 Å². The summed E-state index contributed by atoms with van der Waals surface area (Å²) in [7, 11) is 0. The fraction of sp³-hybridized carbons (Fsp3) is 0. The van der Waals surface area contributed by atoms with Crippen molar-refractivity contribution < 1.29 is 0 Å². The molecule has 1 radical (unpaired) electrons. The van der Waals surface area contributed by atoms with Crippen LogP contribution in [0, 0.1) is 6.07 Å². The minimum atomic E-state index is 1.07. The van der Waals surface area contributed by atoms with Crippen molar-refractivity contribution in [3.63, 3.8) is 0 Å². The molecule has 0 spiro atoms. The van der Waals surface area contributed by atoms with Gasteiger partial charge < -0.3 is 0 Å². The lowest BCUT2D eigenvalue weighted by molar-refractivity contribution is 1.50. The normalized spacial score (nSPS) is 10.7. The van der Waals surface area contributed by atoms with Crippen LogP contribution in [0.4, 0.5) is 0 Å². The van der Waals surface area contributed by atoms with E-state index in [0.717, 1.165) is 5.52 Å². The molecule has 15 heavy (non-hydrogen) atoms. The Bertz CT molecular complexity index is 584. The van der Waals surface area contributed by atoms with Crippen LogP contribution in [0.3, 0.4) is 0 Å². The maximum atomic E-state index is 4.26. The van der Waals surface area contributed by atoms with Gasteiger partial charge in [0.2, 0.25) is 0 Å². The smallest absolute Gasteiger partial charge is 0.0812 e. The Labute approximate surface area is 92.0 Å². The summed E-state index contributed by atoms with van der Waals surface area (Å²) >= 11 is 1.67. The summed E-state index contributed by atoms with van der Waals surface area (Å²) in [5.41, 5.74) is 5.38.